The van der Waals surface area contributed by atoms with Crippen LogP contribution in [-0.2, 0) is 14.4 Å². The number of hydrogen-bond acceptors (Lipinski definition) is 3. The molecule has 1 amide bonds. The van der Waals surface area contributed by atoms with E-state index in [9.17, 15) is 19.5 Å². The highest BCUT2D eigenvalue weighted by atomic mass is 16.4. The predicted molar refractivity (Wildman–Crippen MR) is 76.7 cm³/mol. The van der Waals surface area contributed by atoms with Gasteiger partial charge < -0.3 is 20.2 Å². The molecule has 110 valence electrons. The van der Waals surface area contributed by atoms with Gasteiger partial charge in [0.25, 0.3) is 0 Å². The molecule has 6 heteroatoms. The number of aliphatic carboxylic acids is 1. The summed E-state index contributed by atoms with van der Waals surface area (Å²) in [5, 5.41) is 12.5. The molecule has 0 spiro atoms. The first-order valence-electron chi connectivity index (χ1n) is 6.56. The van der Waals surface area contributed by atoms with Crippen LogP contribution in [0.5, 0.6) is 0 Å². The molecule has 0 saturated heterocycles. The Labute approximate surface area is 121 Å². The van der Waals surface area contributed by atoms with Crippen molar-refractivity contribution in [2.45, 2.75) is 25.8 Å². The molecule has 21 heavy (non-hydrogen) atoms. The predicted octanol–water partition coefficient (Wildman–Crippen LogP) is 1.78. The minimum Gasteiger partial charge on any atom is -0.479 e. The number of Topliss-reactive ketones (excluding diaryl/α,β-unsaturated/α-hetero) is 1. The molecule has 6 nitrogen and oxygen atoms in total. The van der Waals surface area contributed by atoms with Gasteiger partial charge in [0.05, 0.1) is 0 Å². The first-order chi connectivity index (χ1) is 9.99. The van der Waals surface area contributed by atoms with Crippen molar-refractivity contribution in [1.29, 1.82) is 0 Å². The quantitative estimate of drug-likeness (QED) is 0.754. The number of carboxylic acids is 1. The summed E-state index contributed by atoms with van der Waals surface area (Å²) in [6.07, 6.45) is 1.67. The zero-order valence-electron chi connectivity index (χ0n) is 11.6. The van der Waals surface area contributed by atoms with E-state index in [1.807, 2.05) is 12.1 Å². The van der Waals surface area contributed by atoms with Crippen LogP contribution < -0.4 is 5.32 Å². The highest BCUT2D eigenvalue weighted by Gasteiger charge is 2.24. The number of carbonyl (C=O) groups excluding carboxylic acids is 2. The third-order valence-electron chi connectivity index (χ3n) is 3.19. The standard InChI is InChI=1S/C15H16N2O4/c1-9(18)6-7-13(19)17-14(15(20)21)11-8-16-12-5-3-2-4-10(11)12/h2-5,8,14,16H,6-7H2,1H3,(H,17,19)(H,20,21). The van der Waals surface area contributed by atoms with E-state index in [2.05, 4.69) is 10.3 Å². The number of carboxylic acid groups (broad SMARTS) is 1. The molecule has 1 atom stereocenters. The van der Waals surface area contributed by atoms with E-state index in [0.29, 0.717) is 5.56 Å². The molecule has 2 rings (SSSR count). The highest BCUT2D eigenvalue weighted by Crippen LogP contribution is 2.24. The summed E-state index contributed by atoms with van der Waals surface area (Å²) >= 11 is 0. The molecular formula is C15H16N2O4. The lowest BCUT2D eigenvalue weighted by Crippen LogP contribution is -2.33. The second-order valence-electron chi connectivity index (χ2n) is 4.83. The van der Waals surface area contributed by atoms with E-state index < -0.39 is 17.9 Å². The number of rotatable bonds is 6. The van der Waals surface area contributed by atoms with E-state index in [1.54, 1.807) is 18.3 Å². The smallest absolute Gasteiger partial charge is 0.330 e. The number of hydrogen-bond donors (Lipinski definition) is 3. The van der Waals surface area contributed by atoms with Crippen LogP contribution in [0.1, 0.15) is 31.4 Å². The fourth-order valence-corrected chi connectivity index (χ4v) is 2.13. The summed E-state index contributed by atoms with van der Waals surface area (Å²) in [5.74, 6) is -1.71. The van der Waals surface area contributed by atoms with E-state index in [1.165, 1.54) is 6.92 Å². The highest BCUT2D eigenvalue weighted by molar-refractivity contribution is 5.92. The Morgan fingerprint density at radius 2 is 1.95 bits per heavy atom. The van der Waals surface area contributed by atoms with Gasteiger partial charge in [0.15, 0.2) is 6.04 Å². The number of carbonyl (C=O) groups is 3. The van der Waals surface area contributed by atoms with Gasteiger partial charge in [0, 0.05) is 35.5 Å². The van der Waals surface area contributed by atoms with Crippen LogP contribution in [0.2, 0.25) is 0 Å². The molecule has 1 heterocycles. The average Bonchev–Trinajstić information content (AvgIpc) is 2.86. The van der Waals surface area contributed by atoms with Crippen molar-refractivity contribution in [2.24, 2.45) is 0 Å². The normalized spacial score (nSPS) is 12.0. The number of benzene rings is 1. The van der Waals surface area contributed by atoms with Gasteiger partial charge in [-0.3, -0.25) is 4.79 Å². The maximum Gasteiger partial charge on any atom is 0.330 e. The Balaban J connectivity index is 2.21. The third kappa shape index (κ3) is 3.47. The number of amides is 1. The van der Waals surface area contributed by atoms with Gasteiger partial charge in [-0.25, -0.2) is 4.79 Å². The van der Waals surface area contributed by atoms with Crippen LogP contribution in [-0.4, -0.2) is 27.8 Å². The molecule has 0 bridgehead atoms. The van der Waals surface area contributed by atoms with Crippen molar-refractivity contribution in [3.05, 3.63) is 36.0 Å². The molecule has 2 aromatic rings. The molecule has 1 aromatic carbocycles. The first-order valence-corrected chi connectivity index (χ1v) is 6.56. The number of nitrogens with one attached hydrogen (secondary N) is 2. The fraction of sp³-hybridized carbons (Fsp3) is 0.267. The molecule has 0 aliphatic rings. The topological polar surface area (TPSA) is 99.3 Å². The van der Waals surface area contributed by atoms with Gasteiger partial charge in [0.1, 0.15) is 5.78 Å². The lowest BCUT2D eigenvalue weighted by Gasteiger charge is -2.13. The van der Waals surface area contributed by atoms with Gasteiger partial charge in [0.2, 0.25) is 5.91 Å². The lowest BCUT2D eigenvalue weighted by molar-refractivity contribution is -0.142. The Morgan fingerprint density at radius 1 is 1.24 bits per heavy atom. The number of H-pyrrole nitrogens is 1. The van der Waals surface area contributed by atoms with E-state index in [-0.39, 0.29) is 18.6 Å². The molecule has 0 fully saturated rings. The Bertz CT molecular complexity index is 690. The van der Waals surface area contributed by atoms with Crippen molar-refractivity contribution in [2.75, 3.05) is 0 Å². The van der Waals surface area contributed by atoms with Crippen LogP contribution >= 0.6 is 0 Å². The Hall–Kier alpha value is -2.63. The van der Waals surface area contributed by atoms with Crippen LogP contribution in [0.25, 0.3) is 10.9 Å². The molecule has 0 aliphatic heterocycles. The van der Waals surface area contributed by atoms with Crippen molar-refractivity contribution in [3.8, 4) is 0 Å². The van der Waals surface area contributed by atoms with Gasteiger partial charge >= 0.3 is 5.97 Å². The monoisotopic (exact) mass is 288 g/mol. The maximum atomic E-state index is 11.8. The van der Waals surface area contributed by atoms with Gasteiger partial charge in [-0.15, -0.1) is 0 Å². The lowest BCUT2D eigenvalue weighted by atomic mass is 10.1. The number of fused-ring (bicyclic) bond motifs is 1. The van der Waals surface area contributed by atoms with Crippen molar-refractivity contribution >= 4 is 28.6 Å². The molecule has 0 aliphatic carbocycles. The largest absolute Gasteiger partial charge is 0.479 e. The second kappa shape index (κ2) is 6.21. The second-order valence-corrected chi connectivity index (χ2v) is 4.83. The zero-order chi connectivity index (χ0) is 15.4. The zero-order valence-corrected chi connectivity index (χ0v) is 11.6. The van der Waals surface area contributed by atoms with Crippen LogP contribution in [0, 0.1) is 0 Å². The third-order valence-corrected chi connectivity index (χ3v) is 3.19. The summed E-state index contributed by atoms with van der Waals surface area (Å²) in [4.78, 5) is 37.0. The maximum absolute atomic E-state index is 11.8. The molecule has 1 aromatic heterocycles. The minimum absolute atomic E-state index is 0.0124. The summed E-state index contributed by atoms with van der Waals surface area (Å²) in [6, 6.07) is 6.12. The van der Waals surface area contributed by atoms with Gasteiger partial charge in [-0.05, 0) is 13.0 Å². The first kappa shape index (κ1) is 14.8. The summed E-state index contributed by atoms with van der Waals surface area (Å²) in [5.41, 5.74) is 1.30. The van der Waals surface area contributed by atoms with E-state index >= 15 is 0 Å². The van der Waals surface area contributed by atoms with Crippen LogP contribution in [0.4, 0.5) is 0 Å². The Morgan fingerprint density at radius 3 is 2.62 bits per heavy atom. The molecular weight excluding hydrogens is 272 g/mol. The molecule has 1 unspecified atom stereocenters. The minimum atomic E-state index is -1.14. The van der Waals surface area contributed by atoms with E-state index in [4.69, 9.17) is 0 Å². The van der Waals surface area contributed by atoms with Crippen molar-refractivity contribution < 1.29 is 19.5 Å². The average molecular weight is 288 g/mol. The number of aromatic nitrogens is 1. The molecule has 0 radical (unpaired) electrons. The van der Waals surface area contributed by atoms with Crippen molar-refractivity contribution in [3.63, 3.8) is 0 Å². The molecule has 0 saturated carbocycles. The summed E-state index contributed by atoms with van der Waals surface area (Å²) in [6.45, 7) is 1.39. The van der Waals surface area contributed by atoms with Crippen LogP contribution in [0.15, 0.2) is 30.5 Å². The summed E-state index contributed by atoms with van der Waals surface area (Å²) < 4.78 is 0. The Kier molecular flexibility index (Phi) is 4.37. The number of para-hydroxylation sites is 1. The van der Waals surface area contributed by atoms with Crippen molar-refractivity contribution in [1.82, 2.24) is 10.3 Å². The number of ketones is 1. The number of aromatic amines is 1. The summed E-state index contributed by atoms with van der Waals surface area (Å²) in [7, 11) is 0. The van der Waals surface area contributed by atoms with Gasteiger partial charge in [-0.1, -0.05) is 18.2 Å². The van der Waals surface area contributed by atoms with E-state index in [0.717, 1.165) is 10.9 Å². The fourth-order valence-electron chi connectivity index (χ4n) is 2.13. The SMILES string of the molecule is CC(=O)CCC(=O)NC(C(=O)O)c1c[nH]c2ccccc12. The van der Waals surface area contributed by atoms with Gasteiger partial charge in [-0.2, -0.15) is 0 Å². The molecule has 3 N–H and O–H groups in total. The van der Waals surface area contributed by atoms with Crippen LogP contribution in [0.3, 0.4) is 0 Å².